The lowest BCUT2D eigenvalue weighted by Gasteiger charge is -2.14. The predicted octanol–water partition coefficient (Wildman–Crippen LogP) is -0.157. The van der Waals surface area contributed by atoms with Gasteiger partial charge in [0, 0.05) is 14.1 Å². The van der Waals surface area contributed by atoms with Gasteiger partial charge in [0.15, 0.2) is 0 Å². The van der Waals surface area contributed by atoms with E-state index in [9.17, 15) is 14.4 Å². The molecule has 0 aliphatic carbocycles. The number of likely N-dealkylation sites (N-methyl/N-ethyl adjacent to an activating group) is 1. The number of carbonyl (C=O) groups is 2. The first-order chi connectivity index (χ1) is 9.49. The van der Waals surface area contributed by atoms with Crippen LogP contribution >= 0.6 is 0 Å². The smallest absolute Gasteiger partial charge is 0.330 e. The van der Waals surface area contributed by atoms with E-state index in [1.165, 1.54) is 14.0 Å². The fraction of sp³-hybridized carbons (Fsp3) is 0.308. The Morgan fingerprint density at radius 2 is 2.10 bits per heavy atom. The first kappa shape index (κ1) is 12.5. The Balaban J connectivity index is 2.23. The second-order valence-electron chi connectivity index (χ2n) is 4.96. The molecule has 7 nitrogen and oxygen atoms in total. The van der Waals surface area contributed by atoms with E-state index in [0.29, 0.717) is 16.7 Å². The molecule has 1 aromatic carbocycles. The van der Waals surface area contributed by atoms with E-state index in [1.807, 2.05) is 0 Å². The van der Waals surface area contributed by atoms with Gasteiger partial charge in [-0.3, -0.25) is 18.7 Å². The van der Waals surface area contributed by atoms with Crippen LogP contribution < -0.4 is 11.0 Å². The summed E-state index contributed by atoms with van der Waals surface area (Å²) < 4.78 is 2.81. The highest BCUT2D eigenvalue weighted by Gasteiger charge is 2.24. The number of nitrogens with zero attached hydrogens (tertiary/aromatic N) is 3. The summed E-state index contributed by atoms with van der Waals surface area (Å²) in [4.78, 5) is 37.3. The minimum absolute atomic E-state index is 0.0184. The second-order valence-corrected chi connectivity index (χ2v) is 4.96. The number of carbonyl (C=O) groups excluding carboxylic acids is 2. The monoisotopic (exact) mass is 274 g/mol. The van der Waals surface area contributed by atoms with E-state index in [4.69, 9.17) is 0 Å². The Kier molecular flexibility index (Phi) is 2.63. The van der Waals surface area contributed by atoms with Gasteiger partial charge in [-0.25, -0.2) is 4.79 Å². The molecule has 2 amide bonds. The molecule has 0 saturated carbocycles. The summed E-state index contributed by atoms with van der Waals surface area (Å²) in [6, 6.07) is 5.27. The third-order valence-corrected chi connectivity index (χ3v) is 3.41. The quantitative estimate of drug-likeness (QED) is 0.827. The van der Waals surface area contributed by atoms with Crippen molar-refractivity contribution in [3.8, 4) is 0 Å². The maximum Gasteiger partial charge on any atom is 0.330 e. The van der Waals surface area contributed by atoms with Crippen LogP contribution in [0, 0.1) is 0 Å². The van der Waals surface area contributed by atoms with Gasteiger partial charge in [-0.05, 0) is 12.1 Å². The lowest BCUT2D eigenvalue weighted by atomic mass is 10.2. The molecule has 2 heterocycles. The van der Waals surface area contributed by atoms with Crippen molar-refractivity contribution in [2.45, 2.75) is 13.1 Å². The number of hydrogen-bond acceptors (Lipinski definition) is 3. The standard InChI is InChI=1S/C13H14N4O3/c1-15(2)11(19)7-16-9-5-3-4-8-12(9)17(13(16)20)6-10(18)14-8/h3-5H,6-7H2,1-2H3,(H,14,18). The van der Waals surface area contributed by atoms with Crippen LogP contribution in [0.5, 0.6) is 0 Å². The molecule has 0 saturated heterocycles. The Labute approximate surface area is 114 Å². The molecule has 0 fully saturated rings. The van der Waals surface area contributed by atoms with Crippen LogP contribution in [0.3, 0.4) is 0 Å². The summed E-state index contributed by atoms with van der Waals surface area (Å²) in [6.45, 7) is -0.0531. The molecule has 7 heteroatoms. The number of amides is 2. The van der Waals surface area contributed by atoms with Crippen LogP contribution in [-0.2, 0) is 22.7 Å². The molecule has 0 spiro atoms. The van der Waals surface area contributed by atoms with Crippen molar-refractivity contribution >= 4 is 28.5 Å². The SMILES string of the molecule is CN(C)C(=O)Cn1c(=O)n2c3c(cccc31)NC(=O)C2. The predicted molar refractivity (Wildman–Crippen MR) is 73.5 cm³/mol. The normalized spacial score (nSPS) is 13.4. The molecule has 0 radical (unpaired) electrons. The minimum Gasteiger partial charge on any atom is -0.347 e. The van der Waals surface area contributed by atoms with E-state index in [1.54, 1.807) is 32.3 Å². The van der Waals surface area contributed by atoms with Crippen LogP contribution in [0.1, 0.15) is 0 Å². The molecule has 3 rings (SSSR count). The summed E-state index contributed by atoms with van der Waals surface area (Å²) in [6.07, 6.45) is 0. The first-order valence-corrected chi connectivity index (χ1v) is 6.21. The third-order valence-electron chi connectivity index (χ3n) is 3.41. The van der Waals surface area contributed by atoms with Gasteiger partial charge in [0.25, 0.3) is 0 Å². The molecule has 1 aromatic heterocycles. The van der Waals surface area contributed by atoms with E-state index >= 15 is 0 Å². The van der Waals surface area contributed by atoms with Crippen LogP contribution in [0.25, 0.3) is 11.0 Å². The number of benzene rings is 1. The highest BCUT2D eigenvalue weighted by molar-refractivity contribution is 6.03. The first-order valence-electron chi connectivity index (χ1n) is 6.21. The lowest BCUT2D eigenvalue weighted by molar-refractivity contribution is -0.129. The Morgan fingerprint density at radius 1 is 1.35 bits per heavy atom. The molecule has 1 N–H and O–H groups in total. The van der Waals surface area contributed by atoms with Crippen molar-refractivity contribution < 1.29 is 9.59 Å². The molecule has 2 aromatic rings. The van der Waals surface area contributed by atoms with E-state index < -0.39 is 0 Å². The van der Waals surface area contributed by atoms with Crippen molar-refractivity contribution in [1.29, 1.82) is 0 Å². The van der Waals surface area contributed by atoms with E-state index in [0.717, 1.165) is 0 Å². The Bertz CT molecular complexity index is 785. The van der Waals surface area contributed by atoms with Gasteiger partial charge in [-0.2, -0.15) is 0 Å². The zero-order chi connectivity index (χ0) is 14.4. The molecule has 0 bridgehead atoms. The number of imidazole rings is 1. The van der Waals surface area contributed by atoms with Crippen LogP contribution in [-0.4, -0.2) is 39.9 Å². The number of rotatable bonds is 2. The van der Waals surface area contributed by atoms with Crippen molar-refractivity contribution in [1.82, 2.24) is 14.0 Å². The summed E-state index contributed by atoms with van der Waals surface area (Å²) in [5.41, 5.74) is 1.59. The Hall–Kier alpha value is -2.57. The fourth-order valence-electron chi connectivity index (χ4n) is 2.39. The van der Waals surface area contributed by atoms with Crippen LogP contribution in [0.15, 0.2) is 23.0 Å². The summed E-state index contributed by atoms with van der Waals surface area (Å²) in [5, 5.41) is 2.73. The topological polar surface area (TPSA) is 76.3 Å². The van der Waals surface area contributed by atoms with Crippen LogP contribution in [0.2, 0.25) is 0 Å². The van der Waals surface area contributed by atoms with E-state index in [-0.39, 0.29) is 30.6 Å². The number of hydrogen-bond donors (Lipinski definition) is 1. The number of nitrogens with one attached hydrogen (secondary N) is 1. The third kappa shape index (κ3) is 1.70. The minimum atomic E-state index is -0.336. The maximum atomic E-state index is 12.4. The average Bonchev–Trinajstić information content (AvgIpc) is 2.66. The fourth-order valence-corrected chi connectivity index (χ4v) is 2.39. The number of para-hydroxylation sites is 1. The number of aromatic nitrogens is 2. The van der Waals surface area contributed by atoms with E-state index in [2.05, 4.69) is 5.32 Å². The lowest BCUT2D eigenvalue weighted by Crippen LogP contribution is -2.35. The summed E-state index contributed by atoms with van der Waals surface area (Å²) >= 11 is 0. The van der Waals surface area contributed by atoms with Gasteiger partial charge < -0.3 is 10.2 Å². The largest absolute Gasteiger partial charge is 0.347 e. The molecule has 0 atom stereocenters. The van der Waals surface area contributed by atoms with Crippen molar-refractivity contribution in [3.05, 3.63) is 28.7 Å². The maximum absolute atomic E-state index is 12.4. The van der Waals surface area contributed by atoms with Crippen LogP contribution in [0.4, 0.5) is 5.69 Å². The molecular formula is C13H14N4O3. The van der Waals surface area contributed by atoms with Crippen molar-refractivity contribution in [2.24, 2.45) is 0 Å². The van der Waals surface area contributed by atoms with Gasteiger partial charge >= 0.3 is 5.69 Å². The molecule has 20 heavy (non-hydrogen) atoms. The summed E-state index contributed by atoms with van der Waals surface area (Å²) in [5.74, 6) is -0.404. The highest BCUT2D eigenvalue weighted by atomic mass is 16.2. The van der Waals surface area contributed by atoms with Gasteiger partial charge in [0.2, 0.25) is 11.8 Å². The molecule has 0 unspecified atom stereocenters. The molecular weight excluding hydrogens is 260 g/mol. The van der Waals surface area contributed by atoms with Gasteiger partial charge in [-0.1, -0.05) is 6.07 Å². The molecule has 104 valence electrons. The molecule has 1 aliphatic rings. The van der Waals surface area contributed by atoms with Crippen molar-refractivity contribution in [2.75, 3.05) is 19.4 Å². The van der Waals surface area contributed by atoms with Gasteiger partial charge in [-0.15, -0.1) is 0 Å². The average molecular weight is 274 g/mol. The summed E-state index contributed by atoms with van der Waals surface area (Å²) in [7, 11) is 3.28. The zero-order valence-corrected chi connectivity index (χ0v) is 11.2. The zero-order valence-electron chi connectivity index (χ0n) is 11.2. The second kappa shape index (κ2) is 4.22. The van der Waals surface area contributed by atoms with Gasteiger partial charge in [0.1, 0.15) is 13.1 Å². The Morgan fingerprint density at radius 3 is 2.80 bits per heavy atom. The number of anilines is 1. The molecule has 1 aliphatic heterocycles. The highest BCUT2D eigenvalue weighted by Crippen LogP contribution is 2.25. The van der Waals surface area contributed by atoms with Crippen molar-refractivity contribution in [3.63, 3.8) is 0 Å². The van der Waals surface area contributed by atoms with Gasteiger partial charge in [0.05, 0.1) is 16.7 Å².